The molecular weight excluding hydrogens is 777 g/mol. The van der Waals surface area contributed by atoms with Gasteiger partial charge >= 0.3 is 0 Å². The van der Waals surface area contributed by atoms with Gasteiger partial charge in [-0.05, 0) is 94.7 Å². The summed E-state index contributed by atoms with van der Waals surface area (Å²) in [6.45, 7) is 0. The largest absolute Gasteiger partial charge is 0.506 e. The van der Waals surface area contributed by atoms with E-state index < -0.39 is 46.7 Å². The molecule has 2 atom stereocenters. The highest BCUT2D eigenvalue weighted by Gasteiger charge is 2.41. The Morgan fingerprint density at radius 1 is 0.323 bits per heavy atom. The number of rotatable bonds is 4. The molecule has 2 unspecified atom stereocenters. The van der Waals surface area contributed by atoms with E-state index in [1.165, 1.54) is 0 Å². The topological polar surface area (TPSA) is 162 Å². The number of hydrogen-bond donors (Lipinski definition) is 8. The van der Waals surface area contributed by atoms with Gasteiger partial charge in [-0.3, -0.25) is 0 Å². The highest BCUT2D eigenvalue weighted by atomic mass is 16.4. The standard InChI is InChI=1S/C54H36O8/c55-47-43-41(31-15-7-13-29(24-31)35-21-9-12-27-10-1-3-17-34(27)35)44-46(50(58)54(62)52(60)48(44)56)42(45(43)49(57)53(61)51(47)59)32-16-8-14-30(25-32)39-26-33-23-22-28-11-2-4-18-36(28)40(33)38-20-6-5-19-37(38)39/h1-26,47,51,55-62H. The minimum atomic E-state index is -1.99. The van der Waals surface area contributed by atoms with Crippen LogP contribution in [0.4, 0.5) is 0 Å². The van der Waals surface area contributed by atoms with Crippen molar-refractivity contribution in [3.8, 4) is 67.5 Å². The predicted molar refractivity (Wildman–Crippen MR) is 246 cm³/mol. The summed E-state index contributed by atoms with van der Waals surface area (Å²) in [5.41, 5.74) is 3.77. The molecule has 0 aromatic heterocycles. The maximum atomic E-state index is 12.0. The minimum Gasteiger partial charge on any atom is -0.506 e. The van der Waals surface area contributed by atoms with E-state index in [2.05, 4.69) is 36.4 Å². The molecule has 0 spiro atoms. The van der Waals surface area contributed by atoms with Crippen molar-refractivity contribution in [1.29, 1.82) is 0 Å². The average Bonchev–Trinajstić information content (AvgIpc) is 3.32. The van der Waals surface area contributed by atoms with Crippen molar-refractivity contribution in [3.63, 3.8) is 0 Å². The van der Waals surface area contributed by atoms with Gasteiger partial charge in [-0.15, -0.1) is 0 Å². The molecule has 1 aliphatic carbocycles. The van der Waals surface area contributed by atoms with E-state index in [-0.39, 0.29) is 33.0 Å². The molecule has 1 aliphatic rings. The van der Waals surface area contributed by atoms with E-state index >= 15 is 0 Å². The Balaban J connectivity index is 1.23. The molecule has 0 bridgehead atoms. The maximum absolute atomic E-state index is 12.0. The zero-order valence-electron chi connectivity index (χ0n) is 32.7. The number of aliphatic hydroxyl groups excluding tert-OH is 4. The average molecular weight is 813 g/mol. The first kappa shape index (κ1) is 37.0. The van der Waals surface area contributed by atoms with Gasteiger partial charge in [0.15, 0.2) is 23.0 Å². The summed E-state index contributed by atoms with van der Waals surface area (Å²) in [6, 6.07) is 50.8. The van der Waals surface area contributed by atoms with Crippen LogP contribution in [-0.4, -0.2) is 47.0 Å². The highest BCUT2D eigenvalue weighted by Crippen LogP contribution is 2.59. The Morgan fingerprint density at radius 2 is 0.823 bits per heavy atom. The lowest BCUT2D eigenvalue weighted by Gasteiger charge is -2.32. The molecule has 8 N–H and O–H groups in total. The second-order valence-electron chi connectivity index (χ2n) is 15.8. The number of hydrogen-bond acceptors (Lipinski definition) is 8. The molecule has 11 rings (SSSR count). The van der Waals surface area contributed by atoms with Crippen LogP contribution in [0.3, 0.4) is 0 Å². The lowest BCUT2D eigenvalue weighted by atomic mass is 9.76. The monoisotopic (exact) mass is 812 g/mol. The first-order chi connectivity index (χ1) is 30.1. The van der Waals surface area contributed by atoms with Crippen molar-refractivity contribution in [1.82, 2.24) is 0 Å². The number of aromatic hydroxyl groups is 4. The molecule has 8 nitrogen and oxygen atoms in total. The van der Waals surface area contributed by atoms with Crippen LogP contribution in [0.2, 0.25) is 0 Å². The van der Waals surface area contributed by atoms with Crippen molar-refractivity contribution in [3.05, 3.63) is 175 Å². The van der Waals surface area contributed by atoms with Crippen LogP contribution in [0.15, 0.2) is 163 Å². The predicted octanol–water partition coefficient (Wildman–Crippen LogP) is 12.1. The number of fused-ring (bicyclic) bond motifs is 8. The molecule has 0 radical (unpaired) electrons. The van der Waals surface area contributed by atoms with Crippen molar-refractivity contribution in [2.45, 2.75) is 12.2 Å². The number of aliphatic hydroxyl groups is 4. The fourth-order valence-electron chi connectivity index (χ4n) is 9.69. The molecular formula is C54H36O8. The summed E-state index contributed by atoms with van der Waals surface area (Å²) >= 11 is 0. The van der Waals surface area contributed by atoms with Gasteiger partial charge in [0.2, 0.25) is 11.5 Å². The van der Waals surface area contributed by atoms with Gasteiger partial charge in [-0.25, -0.2) is 0 Å². The zero-order chi connectivity index (χ0) is 42.6. The molecule has 8 heteroatoms. The first-order valence-corrected chi connectivity index (χ1v) is 20.1. The molecule has 62 heavy (non-hydrogen) atoms. The summed E-state index contributed by atoms with van der Waals surface area (Å²) in [7, 11) is 0. The Kier molecular flexibility index (Phi) is 8.21. The van der Waals surface area contributed by atoms with Gasteiger partial charge in [0, 0.05) is 33.0 Å². The Morgan fingerprint density at radius 3 is 1.52 bits per heavy atom. The quantitative estimate of drug-likeness (QED) is 0.0495. The van der Waals surface area contributed by atoms with Crippen LogP contribution in [0, 0.1) is 0 Å². The molecule has 10 aromatic carbocycles. The fourth-order valence-corrected chi connectivity index (χ4v) is 9.69. The third-order valence-corrected chi connectivity index (χ3v) is 12.5. The van der Waals surface area contributed by atoms with Gasteiger partial charge in [0.1, 0.15) is 12.2 Å². The SMILES string of the molecule is OC1=C(O)C(O)C(O)c2c1c(-c1cccc(-c3cc4ccc5ccccc5c4c4ccccc34)c1)c1c(O)c(O)c(O)c(O)c1c2-c1cccc(-c2cccc3ccccc23)c1. The summed E-state index contributed by atoms with van der Waals surface area (Å²) < 4.78 is 0. The van der Waals surface area contributed by atoms with Gasteiger partial charge < -0.3 is 40.9 Å². The summed E-state index contributed by atoms with van der Waals surface area (Å²) in [5.74, 6) is -5.34. The number of benzene rings is 10. The Hall–Kier alpha value is -8.04. The molecule has 0 amide bonds. The third kappa shape index (κ3) is 5.27. The number of phenols is 4. The maximum Gasteiger partial charge on any atom is 0.204 e. The first-order valence-electron chi connectivity index (χ1n) is 20.1. The van der Waals surface area contributed by atoms with Crippen molar-refractivity contribution in [2.24, 2.45) is 0 Å². The second-order valence-corrected chi connectivity index (χ2v) is 15.8. The summed E-state index contributed by atoms with van der Waals surface area (Å²) in [4.78, 5) is 0. The van der Waals surface area contributed by atoms with Crippen LogP contribution in [0.5, 0.6) is 23.0 Å². The molecule has 10 aromatic rings. The van der Waals surface area contributed by atoms with Gasteiger partial charge in [-0.1, -0.05) is 140 Å². The van der Waals surface area contributed by atoms with Crippen molar-refractivity contribution < 1.29 is 40.9 Å². The molecule has 0 saturated heterocycles. The van der Waals surface area contributed by atoms with E-state index in [0.717, 1.165) is 65.3 Å². The smallest absolute Gasteiger partial charge is 0.204 e. The molecule has 0 aliphatic heterocycles. The highest BCUT2D eigenvalue weighted by molar-refractivity contribution is 6.24. The van der Waals surface area contributed by atoms with Crippen molar-refractivity contribution in [2.75, 3.05) is 0 Å². The van der Waals surface area contributed by atoms with E-state index in [0.29, 0.717) is 11.1 Å². The van der Waals surface area contributed by atoms with E-state index in [1.54, 1.807) is 30.3 Å². The van der Waals surface area contributed by atoms with Crippen LogP contribution in [0.1, 0.15) is 17.2 Å². The molecule has 0 heterocycles. The van der Waals surface area contributed by atoms with Gasteiger partial charge in [0.25, 0.3) is 0 Å². The van der Waals surface area contributed by atoms with Crippen LogP contribution in [-0.2, 0) is 0 Å². The molecule has 300 valence electrons. The van der Waals surface area contributed by atoms with Gasteiger partial charge in [-0.2, -0.15) is 0 Å². The lowest BCUT2D eigenvalue weighted by molar-refractivity contribution is 0.0128. The lowest BCUT2D eigenvalue weighted by Crippen LogP contribution is -2.28. The summed E-state index contributed by atoms with van der Waals surface area (Å²) in [6.07, 6.45) is -3.86. The van der Waals surface area contributed by atoms with Crippen molar-refractivity contribution >= 4 is 59.6 Å². The minimum absolute atomic E-state index is 0.0139. The number of phenolic OH excluding ortho intramolecular Hbond substituents is 4. The second kappa shape index (κ2) is 13.8. The van der Waals surface area contributed by atoms with Crippen LogP contribution < -0.4 is 0 Å². The zero-order valence-corrected chi connectivity index (χ0v) is 32.7. The van der Waals surface area contributed by atoms with Crippen LogP contribution >= 0.6 is 0 Å². The Labute approximate surface area is 353 Å². The molecule has 0 saturated carbocycles. The third-order valence-electron chi connectivity index (χ3n) is 12.5. The summed E-state index contributed by atoms with van der Waals surface area (Å²) in [5, 5.41) is 101. The van der Waals surface area contributed by atoms with Gasteiger partial charge in [0.05, 0.1) is 0 Å². The Bertz CT molecular complexity index is 3580. The molecule has 0 fully saturated rings. The van der Waals surface area contributed by atoms with E-state index in [1.807, 2.05) is 91.0 Å². The fraction of sp³-hybridized carbons (Fsp3) is 0.0370. The van der Waals surface area contributed by atoms with Crippen LogP contribution in [0.25, 0.3) is 104 Å². The van der Waals surface area contributed by atoms with E-state index in [4.69, 9.17) is 0 Å². The normalized spacial score (nSPS) is 15.3. The van der Waals surface area contributed by atoms with E-state index in [9.17, 15) is 40.9 Å².